The van der Waals surface area contributed by atoms with Crippen molar-refractivity contribution in [2.75, 3.05) is 13.2 Å². The van der Waals surface area contributed by atoms with Gasteiger partial charge in [-0.25, -0.2) is 0 Å². The van der Waals surface area contributed by atoms with E-state index in [4.69, 9.17) is 14.2 Å². The van der Waals surface area contributed by atoms with Crippen molar-refractivity contribution in [3.8, 4) is 0 Å². The van der Waals surface area contributed by atoms with Gasteiger partial charge in [-0.1, -0.05) is 360 Å². The van der Waals surface area contributed by atoms with Gasteiger partial charge in [0, 0.05) is 19.3 Å². The van der Waals surface area contributed by atoms with E-state index in [2.05, 4.69) is 32.9 Å². The Kier molecular flexibility index (Phi) is 65.1. The van der Waals surface area contributed by atoms with E-state index in [9.17, 15) is 14.4 Å². The summed E-state index contributed by atoms with van der Waals surface area (Å²) in [6.45, 7) is 6.66. The third kappa shape index (κ3) is 64.9. The van der Waals surface area contributed by atoms with Gasteiger partial charge in [-0.05, 0) is 38.5 Å². The van der Waals surface area contributed by atoms with Gasteiger partial charge < -0.3 is 14.2 Å². The molecular weight excluding hydrogens is 949 g/mol. The van der Waals surface area contributed by atoms with E-state index in [1.165, 1.54) is 295 Å². The van der Waals surface area contributed by atoms with E-state index in [1.54, 1.807) is 0 Å². The van der Waals surface area contributed by atoms with Crippen LogP contribution >= 0.6 is 0 Å². The first-order valence-electron chi connectivity index (χ1n) is 35.2. The summed E-state index contributed by atoms with van der Waals surface area (Å²) in [7, 11) is 0. The van der Waals surface area contributed by atoms with Crippen molar-refractivity contribution >= 4 is 17.9 Å². The van der Waals surface area contributed by atoms with Gasteiger partial charge in [-0.15, -0.1) is 0 Å². The summed E-state index contributed by atoms with van der Waals surface area (Å²) in [5, 5.41) is 0. The second-order valence-electron chi connectivity index (χ2n) is 24.2. The molecule has 0 fully saturated rings. The molecule has 0 radical (unpaired) electrons. The van der Waals surface area contributed by atoms with E-state index in [0.717, 1.165) is 70.6 Å². The van der Waals surface area contributed by atoms with Crippen LogP contribution in [-0.4, -0.2) is 37.2 Å². The molecule has 1 unspecified atom stereocenters. The second-order valence-corrected chi connectivity index (χ2v) is 24.2. The van der Waals surface area contributed by atoms with Crippen LogP contribution in [0.15, 0.2) is 12.2 Å². The summed E-state index contributed by atoms with van der Waals surface area (Å²) in [6.07, 6.45) is 79.8. The molecular formula is C71H136O6. The summed E-state index contributed by atoms with van der Waals surface area (Å²) < 4.78 is 16.9. The Morgan fingerprint density at radius 2 is 0.455 bits per heavy atom. The third-order valence-electron chi connectivity index (χ3n) is 16.3. The zero-order chi connectivity index (χ0) is 55.7. The Hall–Kier alpha value is -1.85. The van der Waals surface area contributed by atoms with Crippen LogP contribution in [0.5, 0.6) is 0 Å². The van der Waals surface area contributed by atoms with Gasteiger partial charge in [0.2, 0.25) is 0 Å². The van der Waals surface area contributed by atoms with Crippen molar-refractivity contribution in [3.05, 3.63) is 12.2 Å². The van der Waals surface area contributed by atoms with Crippen LogP contribution < -0.4 is 0 Å². The predicted octanol–water partition coefficient (Wildman–Crippen LogP) is 24.0. The van der Waals surface area contributed by atoms with E-state index in [-0.39, 0.29) is 31.1 Å². The molecule has 0 aliphatic carbocycles. The molecule has 0 rings (SSSR count). The first kappa shape index (κ1) is 75.2. The smallest absolute Gasteiger partial charge is 0.306 e. The topological polar surface area (TPSA) is 78.9 Å². The highest BCUT2D eigenvalue weighted by Gasteiger charge is 2.19. The fourth-order valence-corrected chi connectivity index (χ4v) is 11.0. The molecule has 0 heterocycles. The first-order valence-corrected chi connectivity index (χ1v) is 35.2. The molecule has 0 saturated heterocycles. The molecule has 0 aliphatic rings. The lowest BCUT2D eigenvalue weighted by atomic mass is 10.0. The molecule has 0 saturated carbocycles. The second kappa shape index (κ2) is 66.7. The van der Waals surface area contributed by atoms with Crippen LogP contribution in [0.1, 0.15) is 406 Å². The maximum Gasteiger partial charge on any atom is 0.306 e. The summed E-state index contributed by atoms with van der Waals surface area (Å²) in [5.74, 6) is -0.846. The Morgan fingerprint density at radius 1 is 0.247 bits per heavy atom. The Balaban J connectivity index is 4.06. The van der Waals surface area contributed by atoms with Crippen molar-refractivity contribution in [2.24, 2.45) is 0 Å². The largest absolute Gasteiger partial charge is 0.462 e. The van der Waals surface area contributed by atoms with Gasteiger partial charge in [0.15, 0.2) is 6.10 Å². The number of unbranched alkanes of at least 4 members (excludes halogenated alkanes) is 53. The average molecular weight is 1090 g/mol. The van der Waals surface area contributed by atoms with Gasteiger partial charge in [-0.3, -0.25) is 14.4 Å². The minimum Gasteiger partial charge on any atom is -0.462 e. The number of carbonyl (C=O) groups is 3. The summed E-state index contributed by atoms with van der Waals surface area (Å²) in [4.78, 5) is 38.3. The van der Waals surface area contributed by atoms with Crippen LogP contribution in [0.2, 0.25) is 0 Å². The van der Waals surface area contributed by atoms with Crippen molar-refractivity contribution in [1.82, 2.24) is 0 Å². The highest BCUT2D eigenvalue weighted by atomic mass is 16.6. The number of hydrogen-bond acceptors (Lipinski definition) is 6. The maximum atomic E-state index is 12.9. The maximum absolute atomic E-state index is 12.9. The average Bonchev–Trinajstić information content (AvgIpc) is 3.43. The van der Waals surface area contributed by atoms with Gasteiger partial charge in [-0.2, -0.15) is 0 Å². The minimum atomic E-state index is -0.769. The Labute approximate surface area is 481 Å². The quantitative estimate of drug-likeness (QED) is 0.0261. The van der Waals surface area contributed by atoms with Gasteiger partial charge >= 0.3 is 17.9 Å². The van der Waals surface area contributed by atoms with E-state index in [0.29, 0.717) is 19.3 Å². The highest BCUT2D eigenvalue weighted by molar-refractivity contribution is 5.71. The number of allylic oxidation sites excluding steroid dienone is 2. The molecule has 0 bridgehead atoms. The monoisotopic (exact) mass is 1090 g/mol. The number of rotatable bonds is 66. The Bertz CT molecular complexity index is 1200. The Morgan fingerprint density at radius 3 is 0.701 bits per heavy atom. The van der Waals surface area contributed by atoms with E-state index < -0.39 is 6.10 Å². The van der Waals surface area contributed by atoms with Crippen LogP contribution in [0.25, 0.3) is 0 Å². The van der Waals surface area contributed by atoms with E-state index in [1.807, 2.05) is 0 Å². The molecule has 0 spiro atoms. The molecule has 6 heteroatoms. The lowest BCUT2D eigenvalue weighted by Gasteiger charge is -2.18. The molecule has 0 N–H and O–H groups in total. The fraction of sp³-hybridized carbons (Fsp3) is 0.930. The number of esters is 3. The van der Waals surface area contributed by atoms with Crippen molar-refractivity contribution in [1.29, 1.82) is 0 Å². The van der Waals surface area contributed by atoms with Crippen molar-refractivity contribution in [3.63, 3.8) is 0 Å². The van der Waals surface area contributed by atoms with Gasteiger partial charge in [0.05, 0.1) is 0 Å². The van der Waals surface area contributed by atoms with Crippen LogP contribution in [0.3, 0.4) is 0 Å². The van der Waals surface area contributed by atoms with Crippen molar-refractivity contribution < 1.29 is 28.6 Å². The fourth-order valence-electron chi connectivity index (χ4n) is 11.0. The highest BCUT2D eigenvalue weighted by Crippen LogP contribution is 2.19. The predicted molar refractivity (Wildman–Crippen MR) is 335 cm³/mol. The van der Waals surface area contributed by atoms with Crippen LogP contribution in [0, 0.1) is 0 Å². The van der Waals surface area contributed by atoms with E-state index >= 15 is 0 Å². The SMILES string of the molecule is CCC/C=C\CCCCCCCC(=O)OCC(COC(=O)CCCCCCCCCCCCCCCCCCCCCCCCCCCCCCCC)OC(=O)CCCCCCCCCCCCCCCCCCCCC. The molecule has 456 valence electrons. The normalized spacial score (nSPS) is 12.0. The molecule has 6 nitrogen and oxygen atoms in total. The molecule has 0 amide bonds. The lowest BCUT2D eigenvalue weighted by molar-refractivity contribution is -0.167. The molecule has 0 aromatic heterocycles. The van der Waals surface area contributed by atoms with Gasteiger partial charge in [0.25, 0.3) is 0 Å². The first-order chi connectivity index (χ1) is 38.0. The lowest BCUT2D eigenvalue weighted by Crippen LogP contribution is -2.30. The molecule has 0 aliphatic heterocycles. The number of ether oxygens (including phenoxy) is 3. The summed E-state index contributed by atoms with van der Waals surface area (Å²) >= 11 is 0. The molecule has 0 aromatic carbocycles. The molecule has 1 atom stereocenters. The van der Waals surface area contributed by atoms with Crippen molar-refractivity contribution in [2.45, 2.75) is 412 Å². The molecule has 77 heavy (non-hydrogen) atoms. The molecule has 0 aromatic rings. The number of hydrogen-bond donors (Lipinski definition) is 0. The standard InChI is InChI=1S/C71H136O6/c1-4-7-10-13-16-19-22-24-26-28-30-31-32-33-34-35-36-37-38-39-40-42-43-45-47-49-52-55-58-61-64-70(73)76-67-68(66-75-69(72)63-60-57-54-51-21-18-15-12-9-6-3)77-71(74)65-62-59-56-53-50-48-46-44-41-29-27-25-23-20-17-14-11-8-5-2/h12,15,68H,4-11,13-14,16-67H2,1-3H3/b15-12-. The zero-order valence-corrected chi connectivity index (χ0v) is 52.5. The zero-order valence-electron chi connectivity index (χ0n) is 52.5. The number of carbonyl (C=O) groups excluding carboxylic acids is 3. The van der Waals surface area contributed by atoms with Crippen LogP contribution in [-0.2, 0) is 28.6 Å². The summed E-state index contributed by atoms with van der Waals surface area (Å²) in [5.41, 5.74) is 0. The van der Waals surface area contributed by atoms with Crippen LogP contribution in [0.4, 0.5) is 0 Å². The third-order valence-corrected chi connectivity index (χ3v) is 16.3. The minimum absolute atomic E-state index is 0.0661. The summed E-state index contributed by atoms with van der Waals surface area (Å²) in [6, 6.07) is 0. The van der Waals surface area contributed by atoms with Gasteiger partial charge in [0.1, 0.15) is 13.2 Å².